The minimum atomic E-state index is -1.30. The first-order valence-electron chi connectivity index (χ1n) is 16.0. The molecule has 1 heterocycles. The number of hydrogen-bond acceptors (Lipinski definition) is 6. The average Bonchev–Trinajstić information content (AvgIpc) is 2.89. The van der Waals surface area contributed by atoms with Crippen LogP contribution in [-0.4, -0.2) is 68.8 Å². The Morgan fingerprint density at radius 2 is 1.54 bits per heavy atom. The third-order valence-electron chi connectivity index (χ3n) is 13.9. The summed E-state index contributed by atoms with van der Waals surface area (Å²) < 4.78 is 5.87. The Morgan fingerprint density at radius 1 is 0.821 bits per heavy atom. The molecule has 0 aromatic rings. The van der Waals surface area contributed by atoms with Crippen LogP contribution in [0.2, 0.25) is 0 Å². The van der Waals surface area contributed by atoms with Gasteiger partial charge in [-0.15, -0.1) is 0 Å². The lowest BCUT2D eigenvalue weighted by molar-refractivity contribution is -0.241. The maximum absolute atomic E-state index is 12.0. The van der Waals surface area contributed by atoms with Gasteiger partial charge < -0.3 is 30.3 Å². The largest absolute Gasteiger partial charge is 0.393 e. The number of allylic oxidation sites excluding steroid dienone is 2. The predicted molar refractivity (Wildman–Crippen MR) is 150 cm³/mol. The van der Waals surface area contributed by atoms with Crippen molar-refractivity contribution in [2.45, 2.75) is 135 Å². The first kappa shape index (κ1) is 28.6. The first-order chi connectivity index (χ1) is 18.3. The van der Waals surface area contributed by atoms with Crippen LogP contribution in [-0.2, 0) is 4.74 Å². The summed E-state index contributed by atoms with van der Waals surface area (Å²) >= 11 is 0. The highest BCUT2D eigenvalue weighted by Crippen LogP contribution is 2.71. The molecule has 0 spiro atoms. The molecular formula is C33H54O6. The van der Waals surface area contributed by atoms with Gasteiger partial charge in [-0.2, -0.15) is 0 Å². The molecule has 14 atom stereocenters. The summed E-state index contributed by atoms with van der Waals surface area (Å²) in [6.45, 7) is 12.0. The van der Waals surface area contributed by atoms with Crippen LogP contribution in [0, 0.1) is 51.2 Å². The Bertz CT molecular complexity index is 979. The molecule has 4 saturated carbocycles. The van der Waals surface area contributed by atoms with Crippen molar-refractivity contribution >= 4 is 0 Å². The molecule has 0 amide bonds. The molecule has 0 radical (unpaired) electrons. The molecule has 6 aliphatic rings. The fourth-order valence-corrected chi connectivity index (χ4v) is 11.5. The highest BCUT2D eigenvalue weighted by atomic mass is 16.5. The van der Waals surface area contributed by atoms with Gasteiger partial charge in [0, 0.05) is 5.41 Å². The van der Waals surface area contributed by atoms with E-state index in [0.717, 1.165) is 51.4 Å². The van der Waals surface area contributed by atoms with E-state index in [4.69, 9.17) is 4.74 Å². The lowest BCUT2D eigenvalue weighted by Crippen LogP contribution is -2.64. The summed E-state index contributed by atoms with van der Waals surface area (Å²) in [5, 5.41) is 54.1. The fourth-order valence-electron chi connectivity index (χ4n) is 11.5. The Labute approximate surface area is 235 Å². The van der Waals surface area contributed by atoms with Gasteiger partial charge in [0.15, 0.2) is 0 Å². The molecule has 1 aliphatic heterocycles. The van der Waals surface area contributed by atoms with Crippen molar-refractivity contribution in [3.8, 4) is 0 Å². The molecule has 5 aliphatic carbocycles. The molecule has 6 nitrogen and oxygen atoms in total. The SMILES string of the molecule is CC1C(O)CCC2(C)C1CCC1(C)C3CCC4(C(O)C5OCC(O)C(O)C5O)CCC(C)(C)CC4C3=CCC12. The second-order valence-electron chi connectivity index (χ2n) is 16.2. The molecular weight excluding hydrogens is 492 g/mol. The summed E-state index contributed by atoms with van der Waals surface area (Å²) in [5.41, 5.74) is 1.80. The fraction of sp³-hybridized carbons (Fsp3) is 0.939. The van der Waals surface area contributed by atoms with Gasteiger partial charge in [0.05, 0.1) is 18.8 Å². The highest BCUT2D eigenvalue weighted by Gasteiger charge is 2.65. The van der Waals surface area contributed by atoms with Crippen molar-refractivity contribution in [2.75, 3.05) is 6.61 Å². The topological polar surface area (TPSA) is 110 Å². The van der Waals surface area contributed by atoms with Crippen LogP contribution in [0.5, 0.6) is 0 Å². The second-order valence-corrected chi connectivity index (χ2v) is 16.2. The summed E-state index contributed by atoms with van der Waals surface area (Å²) in [4.78, 5) is 0. The monoisotopic (exact) mass is 546 g/mol. The van der Waals surface area contributed by atoms with Gasteiger partial charge >= 0.3 is 0 Å². The second kappa shape index (κ2) is 9.50. The molecule has 14 unspecified atom stereocenters. The van der Waals surface area contributed by atoms with Crippen LogP contribution in [0.1, 0.15) is 98.8 Å². The molecule has 6 rings (SSSR count). The molecule has 6 heteroatoms. The minimum Gasteiger partial charge on any atom is -0.393 e. The molecule has 5 N–H and O–H groups in total. The van der Waals surface area contributed by atoms with Crippen LogP contribution in [0.25, 0.3) is 0 Å². The van der Waals surface area contributed by atoms with Gasteiger partial charge in [0.1, 0.15) is 24.4 Å². The normalized spacial score (nSPS) is 55.8. The average molecular weight is 547 g/mol. The van der Waals surface area contributed by atoms with Gasteiger partial charge in [0.25, 0.3) is 0 Å². The molecule has 0 aromatic heterocycles. The standard InChI is InChI=1S/C33H54O6/c1-18-20-8-11-32(5)21-9-13-33(29(38)28-27(37)26(36)24(35)17-39-28)15-14-30(2,3)16-22(33)19(21)6-7-25(32)31(20,4)12-10-23(18)34/h6,18,20-29,34-38H,7-17H2,1-5H3. The maximum atomic E-state index is 12.0. The molecule has 1 saturated heterocycles. The van der Waals surface area contributed by atoms with Gasteiger partial charge in [-0.1, -0.05) is 46.3 Å². The number of hydrogen-bond donors (Lipinski definition) is 5. The van der Waals surface area contributed by atoms with Gasteiger partial charge in [-0.25, -0.2) is 0 Å². The zero-order valence-corrected chi connectivity index (χ0v) is 24.9. The van der Waals surface area contributed by atoms with Crippen molar-refractivity contribution < 1.29 is 30.3 Å². The van der Waals surface area contributed by atoms with Crippen molar-refractivity contribution in [1.82, 2.24) is 0 Å². The molecule has 222 valence electrons. The van der Waals surface area contributed by atoms with Crippen LogP contribution in [0.4, 0.5) is 0 Å². The van der Waals surface area contributed by atoms with E-state index in [1.807, 2.05) is 0 Å². The first-order valence-corrected chi connectivity index (χ1v) is 16.0. The van der Waals surface area contributed by atoms with Crippen LogP contribution in [0.15, 0.2) is 11.6 Å². The highest BCUT2D eigenvalue weighted by molar-refractivity contribution is 5.30. The Balaban J connectivity index is 1.36. The van der Waals surface area contributed by atoms with E-state index in [9.17, 15) is 25.5 Å². The molecule has 5 fully saturated rings. The quantitative estimate of drug-likeness (QED) is 0.332. The third kappa shape index (κ3) is 4.09. The van der Waals surface area contributed by atoms with Crippen molar-refractivity contribution in [3.05, 3.63) is 11.6 Å². The van der Waals surface area contributed by atoms with Gasteiger partial charge in [-0.05, 0) is 110 Å². The van der Waals surface area contributed by atoms with Crippen molar-refractivity contribution in [2.24, 2.45) is 51.2 Å². The Kier molecular flexibility index (Phi) is 6.97. The van der Waals surface area contributed by atoms with Crippen molar-refractivity contribution in [3.63, 3.8) is 0 Å². The van der Waals surface area contributed by atoms with Crippen LogP contribution in [0.3, 0.4) is 0 Å². The maximum Gasteiger partial charge on any atom is 0.113 e. The lowest BCUT2D eigenvalue weighted by atomic mass is 9.38. The summed E-state index contributed by atoms with van der Waals surface area (Å²) in [5.74, 6) is 2.29. The van der Waals surface area contributed by atoms with Crippen LogP contribution >= 0.6 is 0 Å². The lowest BCUT2D eigenvalue weighted by Gasteiger charge is -2.67. The van der Waals surface area contributed by atoms with E-state index in [0.29, 0.717) is 23.7 Å². The van der Waals surface area contributed by atoms with E-state index in [1.54, 1.807) is 5.57 Å². The summed E-state index contributed by atoms with van der Waals surface area (Å²) in [6.07, 6.45) is 7.27. The number of fused-ring (bicyclic) bond motifs is 7. The van der Waals surface area contributed by atoms with E-state index in [1.165, 1.54) is 12.8 Å². The Morgan fingerprint density at radius 3 is 2.28 bits per heavy atom. The number of rotatable bonds is 2. The van der Waals surface area contributed by atoms with E-state index in [-0.39, 0.29) is 40.3 Å². The smallest absolute Gasteiger partial charge is 0.113 e. The third-order valence-corrected chi connectivity index (χ3v) is 13.9. The molecule has 0 aromatic carbocycles. The van der Waals surface area contributed by atoms with Crippen LogP contribution < -0.4 is 0 Å². The molecule has 39 heavy (non-hydrogen) atoms. The van der Waals surface area contributed by atoms with Gasteiger partial charge in [0.2, 0.25) is 0 Å². The van der Waals surface area contributed by atoms with E-state index >= 15 is 0 Å². The minimum absolute atomic E-state index is 0.0653. The number of ether oxygens (including phenoxy) is 1. The summed E-state index contributed by atoms with van der Waals surface area (Å²) in [7, 11) is 0. The van der Waals surface area contributed by atoms with Gasteiger partial charge in [-0.3, -0.25) is 0 Å². The summed E-state index contributed by atoms with van der Waals surface area (Å²) in [6, 6.07) is 0. The van der Waals surface area contributed by atoms with Crippen molar-refractivity contribution in [1.29, 1.82) is 0 Å². The molecule has 0 bridgehead atoms. The van der Waals surface area contributed by atoms with E-state index < -0.39 is 30.5 Å². The number of aliphatic hydroxyl groups excluding tert-OH is 5. The number of aliphatic hydroxyl groups is 5. The predicted octanol–water partition coefficient (Wildman–Crippen LogP) is 4.21. The zero-order chi connectivity index (χ0) is 28.1. The Hall–Kier alpha value is -0.500. The van der Waals surface area contributed by atoms with E-state index in [2.05, 4.69) is 40.7 Å². The zero-order valence-electron chi connectivity index (χ0n) is 24.9.